The van der Waals surface area contributed by atoms with Gasteiger partial charge in [0, 0.05) is 22.9 Å². The summed E-state index contributed by atoms with van der Waals surface area (Å²) in [5.41, 5.74) is 1.36. The lowest BCUT2D eigenvalue weighted by atomic mass is 10.1. The topological polar surface area (TPSA) is 122 Å². The first-order chi connectivity index (χ1) is 17.9. The van der Waals surface area contributed by atoms with Crippen LogP contribution in [0.15, 0.2) is 65.2 Å². The summed E-state index contributed by atoms with van der Waals surface area (Å²) in [5.74, 6) is -2.86. The molecule has 0 bridgehead atoms. The van der Waals surface area contributed by atoms with Gasteiger partial charge < -0.3 is 15.2 Å². The van der Waals surface area contributed by atoms with Gasteiger partial charge in [0.25, 0.3) is 15.9 Å². The van der Waals surface area contributed by atoms with E-state index in [4.69, 9.17) is 33.0 Å². The van der Waals surface area contributed by atoms with Crippen LogP contribution < -0.4 is 14.8 Å². The normalized spacial score (nSPS) is 12.8. The molecule has 1 amide bonds. The Kier molecular flexibility index (Phi) is 7.96. The number of rotatable bonds is 9. The molecular formula is C26H21Cl2FN2O6S. The summed E-state index contributed by atoms with van der Waals surface area (Å²) >= 11 is 12.4. The molecule has 198 valence electrons. The van der Waals surface area contributed by atoms with Crippen LogP contribution in [0.1, 0.15) is 34.3 Å². The largest absolute Gasteiger partial charge is 0.481 e. The molecule has 0 saturated carbocycles. The van der Waals surface area contributed by atoms with Crippen LogP contribution >= 0.6 is 23.2 Å². The van der Waals surface area contributed by atoms with Crippen molar-refractivity contribution < 1.29 is 32.2 Å². The van der Waals surface area contributed by atoms with Crippen molar-refractivity contribution in [3.05, 3.63) is 92.9 Å². The maximum absolute atomic E-state index is 14.5. The van der Waals surface area contributed by atoms with Crippen molar-refractivity contribution in [2.24, 2.45) is 0 Å². The van der Waals surface area contributed by atoms with E-state index in [0.29, 0.717) is 0 Å². The summed E-state index contributed by atoms with van der Waals surface area (Å²) in [6.07, 6.45) is 2.85. The molecule has 0 spiro atoms. The Morgan fingerprint density at radius 3 is 2.42 bits per heavy atom. The molecule has 1 aliphatic carbocycles. The second-order valence-electron chi connectivity index (χ2n) is 8.52. The third-order valence-corrected chi connectivity index (χ3v) is 7.75. The van der Waals surface area contributed by atoms with Crippen LogP contribution in [0.3, 0.4) is 0 Å². The number of carbonyl (C=O) groups is 2. The predicted octanol–water partition coefficient (Wildman–Crippen LogP) is 6.07. The van der Waals surface area contributed by atoms with Crippen molar-refractivity contribution >= 4 is 50.8 Å². The fourth-order valence-corrected chi connectivity index (χ4v) is 5.44. The van der Waals surface area contributed by atoms with E-state index < -0.39 is 34.1 Å². The molecule has 0 aliphatic heterocycles. The van der Waals surface area contributed by atoms with Gasteiger partial charge in [-0.2, -0.15) is 0 Å². The number of ether oxygens (including phenoxy) is 1. The van der Waals surface area contributed by atoms with Crippen LogP contribution in [-0.4, -0.2) is 25.4 Å². The van der Waals surface area contributed by atoms with E-state index in [-0.39, 0.29) is 43.3 Å². The maximum Gasteiger partial charge on any atom is 0.307 e. The van der Waals surface area contributed by atoms with E-state index in [1.165, 1.54) is 30.3 Å². The second kappa shape index (κ2) is 11.0. The molecular weight excluding hydrogens is 558 g/mol. The summed E-state index contributed by atoms with van der Waals surface area (Å²) in [6, 6.07) is 10.4. The number of aryl methyl sites for hydroxylation is 1. The molecule has 0 saturated heterocycles. The van der Waals surface area contributed by atoms with E-state index in [1.54, 1.807) is 13.0 Å². The lowest BCUT2D eigenvalue weighted by molar-refractivity contribution is -0.136. The Morgan fingerprint density at radius 2 is 1.79 bits per heavy atom. The molecule has 3 N–H and O–H groups in total. The van der Waals surface area contributed by atoms with Gasteiger partial charge in [-0.25, -0.2) is 12.8 Å². The molecule has 0 fully saturated rings. The number of allylic oxidation sites excluding steroid dienone is 2. The highest BCUT2D eigenvalue weighted by Gasteiger charge is 2.23. The van der Waals surface area contributed by atoms with Gasteiger partial charge in [-0.15, -0.1) is 0 Å². The van der Waals surface area contributed by atoms with E-state index in [9.17, 15) is 22.4 Å². The highest BCUT2D eigenvalue weighted by Crippen LogP contribution is 2.37. The summed E-state index contributed by atoms with van der Waals surface area (Å²) < 4.78 is 49.1. The smallest absolute Gasteiger partial charge is 0.307 e. The van der Waals surface area contributed by atoms with Crippen LogP contribution in [0.5, 0.6) is 11.5 Å². The van der Waals surface area contributed by atoms with Gasteiger partial charge in [0.2, 0.25) is 0 Å². The number of hydrogen-bond acceptors (Lipinski definition) is 5. The highest BCUT2D eigenvalue weighted by molar-refractivity contribution is 7.92. The number of anilines is 1. The van der Waals surface area contributed by atoms with Crippen molar-refractivity contribution in [3.8, 4) is 11.5 Å². The molecule has 0 unspecified atom stereocenters. The van der Waals surface area contributed by atoms with E-state index in [1.807, 2.05) is 6.08 Å². The molecule has 0 radical (unpaired) electrons. The average Bonchev–Trinajstić information content (AvgIpc) is 2.79. The molecule has 1 aliphatic rings. The molecule has 3 aromatic carbocycles. The first-order valence-corrected chi connectivity index (χ1v) is 13.5. The Hall–Kier alpha value is -3.60. The van der Waals surface area contributed by atoms with Crippen molar-refractivity contribution in [2.75, 3.05) is 4.72 Å². The van der Waals surface area contributed by atoms with E-state index in [0.717, 1.165) is 36.2 Å². The quantitative estimate of drug-likeness (QED) is 0.283. The van der Waals surface area contributed by atoms with Gasteiger partial charge in [-0.1, -0.05) is 35.3 Å². The van der Waals surface area contributed by atoms with Crippen LogP contribution in [0.25, 0.3) is 0 Å². The maximum atomic E-state index is 14.5. The van der Waals surface area contributed by atoms with E-state index >= 15 is 0 Å². The molecule has 12 heteroatoms. The minimum Gasteiger partial charge on any atom is -0.481 e. The van der Waals surface area contributed by atoms with Crippen molar-refractivity contribution in [3.63, 3.8) is 0 Å². The van der Waals surface area contributed by atoms with Crippen LogP contribution in [-0.2, 0) is 21.2 Å². The number of sulfonamides is 1. The third kappa shape index (κ3) is 6.27. The Bertz CT molecular complexity index is 1590. The monoisotopic (exact) mass is 578 g/mol. The molecule has 0 aromatic heterocycles. The average molecular weight is 579 g/mol. The SMILES string of the molecule is Cc1ccc(S(=O)(=O)Nc2cc(C(=O)NC3=CCC3)ccc2Oc2cc(F)c(CC(=O)O)cc2Cl)c(Cl)c1. The first kappa shape index (κ1) is 27.4. The number of hydrogen-bond donors (Lipinski definition) is 3. The number of halogens is 3. The Labute approximate surface area is 228 Å². The molecule has 4 rings (SSSR count). The van der Waals surface area contributed by atoms with Gasteiger partial charge in [0.05, 0.1) is 22.2 Å². The molecule has 38 heavy (non-hydrogen) atoms. The van der Waals surface area contributed by atoms with Crippen LogP contribution in [0.2, 0.25) is 10.0 Å². The number of nitrogens with one attached hydrogen (secondary N) is 2. The minimum absolute atomic E-state index is 0.00933. The van der Waals surface area contributed by atoms with Gasteiger partial charge in [-0.3, -0.25) is 14.3 Å². The number of aliphatic carboxylic acids is 1. The van der Waals surface area contributed by atoms with Gasteiger partial charge in [0.1, 0.15) is 16.5 Å². The zero-order valence-electron chi connectivity index (χ0n) is 19.8. The van der Waals surface area contributed by atoms with Gasteiger partial charge in [0.15, 0.2) is 5.75 Å². The lowest BCUT2D eigenvalue weighted by Crippen LogP contribution is -2.25. The second-order valence-corrected chi connectivity index (χ2v) is 11.0. The number of benzene rings is 3. The fourth-order valence-electron chi connectivity index (χ4n) is 3.55. The zero-order valence-corrected chi connectivity index (χ0v) is 22.2. The number of carboxylic acid groups (broad SMARTS) is 1. The van der Waals surface area contributed by atoms with Crippen molar-refractivity contribution in [1.82, 2.24) is 5.32 Å². The van der Waals surface area contributed by atoms with Crippen molar-refractivity contribution in [1.29, 1.82) is 0 Å². The van der Waals surface area contributed by atoms with Gasteiger partial charge in [-0.05, 0) is 61.7 Å². The first-order valence-electron chi connectivity index (χ1n) is 11.2. The van der Waals surface area contributed by atoms with E-state index in [2.05, 4.69) is 10.0 Å². The molecule has 0 heterocycles. The van der Waals surface area contributed by atoms with Gasteiger partial charge >= 0.3 is 5.97 Å². The Morgan fingerprint density at radius 1 is 1.05 bits per heavy atom. The van der Waals surface area contributed by atoms with Crippen LogP contribution in [0, 0.1) is 12.7 Å². The minimum atomic E-state index is -4.25. The summed E-state index contributed by atoms with van der Waals surface area (Å²) in [6.45, 7) is 1.76. The molecule has 8 nitrogen and oxygen atoms in total. The third-order valence-electron chi connectivity index (χ3n) is 5.60. The lowest BCUT2D eigenvalue weighted by Gasteiger charge is -2.18. The number of amides is 1. The molecule has 3 aromatic rings. The summed E-state index contributed by atoms with van der Waals surface area (Å²) in [5, 5.41) is 11.6. The fraction of sp³-hybridized carbons (Fsp3) is 0.154. The molecule has 0 atom stereocenters. The Balaban J connectivity index is 1.73. The zero-order chi connectivity index (χ0) is 27.6. The number of carbonyl (C=O) groups excluding carboxylic acids is 1. The summed E-state index contributed by atoms with van der Waals surface area (Å²) in [4.78, 5) is 23.5. The highest BCUT2D eigenvalue weighted by atomic mass is 35.5. The number of carboxylic acids is 1. The standard InChI is InChI=1S/C26H21Cl2FN2O6S/c1-14-5-8-24(19(28)9-14)38(35,36)31-21-11-15(26(34)30-17-3-2-4-17)6-7-22(21)37-23-13-20(29)16(10-18(23)27)12-25(32)33/h3,5-11,13,31H,2,4,12H2,1H3,(H,30,34)(H,32,33). The summed E-state index contributed by atoms with van der Waals surface area (Å²) in [7, 11) is -4.25. The van der Waals surface area contributed by atoms with Crippen LogP contribution in [0.4, 0.5) is 10.1 Å². The van der Waals surface area contributed by atoms with Crippen molar-refractivity contribution in [2.45, 2.75) is 31.1 Å². The predicted molar refractivity (Wildman–Crippen MR) is 141 cm³/mol.